The summed E-state index contributed by atoms with van der Waals surface area (Å²) in [6.45, 7) is 2.81. The highest BCUT2D eigenvalue weighted by Gasteiger charge is 2.06. The number of rotatable bonds is 5. The molecule has 0 aliphatic heterocycles. The smallest absolute Gasteiger partial charge is 0.251 e. The number of halogens is 1. The fraction of sp³-hybridized carbons (Fsp3) is 0.308. The molecule has 0 unspecified atom stereocenters. The molecule has 4 N–H and O–H groups in total. The van der Waals surface area contributed by atoms with Gasteiger partial charge in [-0.2, -0.15) is 0 Å². The van der Waals surface area contributed by atoms with Crippen LogP contribution in [-0.4, -0.2) is 30.0 Å². The van der Waals surface area contributed by atoms with Gasteiger partial charge in [0.1, 0.15) is 0 Å². The Kier molecular flexibility index (Phi) is 7.70. The monoisotopic (exact) mass is 372 g/mol. The first-order valence-electron chi connectivity index (χ1n) is 6.39. The fourth-order valence-corrected chi connectivity index (χ4v) is 1.85. The molecule has 0 saturated carbocycles. The molecule has 0 aromatic heterocycles. The van der Waals surface area contributed by atoms with E-state index in [9.17, 15) is 9.59 Å². The Morgan fingerprint density at radius 1 is 1.14 bits per heavy atom. The molecule has 0 atom stereocenters. The second-order valence-electron chi connectivity index (χ2n) is 4.05. The second kappa shape index (κ2) is 9.30. The van der Waals surface area contributed by atoms with Crippen LogP contribution in [0.3, 0.4) is 0 Å². The van der Waals surface area contributed by atoms with E-state index in [1.54, 1.807) is 24.3 Å². The third-order valence-electron chi connectivity index (χ3n) is 2.40. The number of hydrazine groups is 1. The lowest BCUT2D eigenvalue weighted by Gasteiger charge is -2.10. The van der Waals surface area contributed by atoms with E-state index in [0.717, 1.165) is 4.47 Å². The quantitative estimate of drug-likeness (QED) is 0.459. The van der Waals surface area contributed by atoms with Crippen molar-refractivity contribution in [1.82, 2.24) is 21.5 Å². The molecule has 8 heteroatoms. The summed E-state index contributed by atoms with van der Waals surface area (Å²) in [7, 11) is 0. The van der Waals surface area contributed by atoms with Gasteiger partial charge in [0.05, 0.1) is 0 Å². The molecule has 0 bridgehead atoms. The largest absolute Gasteiger partial charge is 0.362 e. The highest BCUT2D eigenvalue weighted by molar-refractivity contribution is 9.10. The van der Waals surface area contributed by atoms with E-state index in [1.807, 2.05) is 6.92 Å². The van der Waals surface area contributed by atoms with Crippen molar-refractivity contribution in [3.8, 4) is 0 Å². The molecule has 0 saturated heterocycles. The maximum absolute atomic E-state index is 11.8. The van der Waals surface area contributed by atoms with Gasteiger partial charge in [-0.15, -0.1) is 0 Å². The summed E-state index contributed by atoms with van der Waals surface area (Å²) in [4.78, 5) is 23.3. The van der Waals surface area contributed by atoms with E-state index >= 15 is 0 Å². The number of hydrogen-bond donors (Lipinski definition) is 4. The molecule has 1 aromatic carbocycles. The first-order chi connectivity index (χ1) is 10.0. The summed E-state index contributed by atoms with van der Waals surface area (Å²) < 4.78 is 0.904. The minimum Gasteiger partial charge on any atom is -0.362 e. The van der Waals surface area contributed by atoms with Crippen LogP contribution in [-0.2, 0) is 4.79 Å². The summed E-state index contributed by atoms with van der Waals surface area (Å²) >= 11 is 8.19. The van der Waals surface area contributed by atoms with Gasteiger partial charge >= 0.3 is 0 Å². The van der Waals surface area contributed by atoms with Crippen LogP contribution in [0.25, 0.3) is 0 Å². The Morgan fingerprint density at radius 3 is 2.43 bits per heavy atom. The summed E-state index contributed by atoms with van der Waals surface area (Å²) in [6.07, 6.45) is 0.157. The van der Waals surface area contributed by atoms with Crippen LogP contribution in [0.2, 0.25) is 0 Å². The Hall–Kier alpha value is -1.67. The van der Waals surface area contributed by atoms with Crippen LogP contribution in [0.5, 0.6) is 0 Å². The number of carbonyl (C=O) groups is 2. The SMILES string of the molecule is CCNC(=S)NNC(=O)CCNC(=O)c1ccc(Br)cc1. The molecule has 6 nitrogen and oxygen atoms in total. The lowest BCUT2D eigenvalue weighted by molar-refractivity contribution is -0.121. The van der Waals surface area contributed by atoms with Gasteiger partial charge in [0.15, 0.2) is 5.11 Å². The van der Waals surface area contributed by atoms with E-state index in [4.69, 9.17) is 12.2 Å². The minimum atomic E-state index is -0.258. The topological polar surface area (TPSA) is 82.3 Å². The molecule has 2 amide bonds. The van der Waals surface area contributed by atoms with Crippen LogP contribution >= 0.6 is 28.1 Å². The van der Waals surface area contributed by atoms with Crippen molar-refractivity contribution in [3.63, 3.8) is 0 Å². The van der Waals surface area contributed by atoms with Crippen molar-refractivity contribution >= 4 is 45.1 Å². The van der Waals surface area contributed by atoms with Crippen LogP contribution < -0.4 is 21.5 Å². The molecule has 0 fully saturated rings. The Morgan fingerprint density at radius 2 is 1.81 bits per heavy atom. The summed E-state index contributed by atoms with van der Waals surface area (Å²) in [5.41, 5.74) is 5.55. The van der Waals surface area contributed by atoms with Gasteiger partial charge in [0.25, 0.3) is 5.91 Å². The number of amides is 2. The Labute approximate surface area is 137 Å². The molecule has 0 radical (unpaired) electrons. The zero-order chi connectivity index (χ0) is 15.7. The molecule has 0 spiro atoms. The van der Waals surface area contributed by atoms with Crippen molar-refractivity contribution < 1.29 is 9.59 Å². The highest BCUT2D eigenvalue weighted by Crippen LogP contribution is 2.10. The predicted octanol–water partition coefficient (Wildman–Crippen LogP) is 1.08. The maximum Gasteiger partial charge on any atom is 0.251 e. The second-order valence-corrected chi connectivity index (χ2v) is 5.37. The third-order valence-corrected chi connectivity index (χ3v) is 3.17. The number of benzene rings is 1. The van der Waals surface area contributed by atoms with Crippen LogP contribution in [0.15, 0.2) is 28.7 Å². The first kappa shape index (κ1) is 17.4. The van der Waals surface area contributed by atoms with Crippen molar-refractivity contribution in [3.05, 3.63) is 34.3 Å². The Balaban J connectivity index is 2.23. The number of thiocarbonyl (C=S) groups is 1. The average molecular weight is 373 g/mol. The molecule has 0 aliphatic rings. The molecular formula is C13H17BrN4O2S. The minimum absolute atomic E-state index is 0.157. The highest BCUT2D eigenvalue weighted by atomic mass is 79.9. The van der Waals surface area contributed by atoms with Crippen LogP contribution in [0.4, 0.5) is 0 Å². The van der Waals surface area contributed by atoms with Crippen molar-refractivity contribution in [2.24, 2.45) is 0 Å². The fourth-order valence-electron chi connectivity index (χ4n) is 1.39. The van der Waals surface area contributed by atoms with E-state index in [1.165, 1.54) is 0 Å². The molecule has 0 heterocycles. The van der Waals surface area contributed by atoms with Gasteiger partial charge in [-0.3, -0.25) is 20.4 Å². The molecule has 0 aliphatic carbocycles. The van der Waals surface area contributed by atoms with Crippen molar-refractivity contribution in [1.29, 1.82) is 0 Å². The third kappa shape index (κ3) is 7.05. The number of carbonyl (C=O) groups excluding carboxylic acids is 2. The normalized spacial score (nSPS) is 9.62. The summed E-state index contributed by atoms with van der Waals surface area (Å²) in [6, 6.07) is 6.98. The van der Waals surface area contributed by atoms with Gasteiger partial charge in [0.2, 0.25) is 5.91 Å². The van der Waals surface area contributed by atoms with Crippen molar-refractivity contribution in [2.45, 2.75) is 13.3 Å². The standard InChI is InChI=1S/C13H17BrN4O2S/c1-2-15-13(21)18-17-11(19)7-8-16-12(20)9-3-5-10(14)6-4-9/h3-6H,2,7-8H2,1H3,(H,16,20)(H,17,19)(H2,15,18,21). The van der Waals surface area contributed by atoms with Gasteiger partial charge in [-0.1, -0.05) is 15.9 Å². The predicted molar refractivity (Wildman–Crippen MR) is 88.6 cm³/mol. The lowest BCUT2D eigenvalue weighted by Crippen LogP contribution is -2.47. The average Bonchev–Trinajstić information content (AvgIpc) is 2.46. The van der Waals surface area contributed by atoms with E-state index < -0.39 is 0 Å². The van der Waals surface area contributed by atoms with E-state index in [2.05, 4.69) is 37.4 Å². The molecule has 1 aromatic rings. The maximum atomic E-state index is 11.8. The number of nitrogens with one attached hydrogen (secondary N) is 4. The molecule has 114 valence electrons. The summed E-state index contributed by atoms with van der Waals surface area (Å²) in [5, 5.41) is 5.86. The first-order valence-corrected chi connectivity index (χ1v) is 7.59. The molecule has 1 rings (SSSR count). The zero-order valence-corrected chi connectivity index (χ0v) is 13.9. The van der Waals surface area contributed by atoms with Crippen molar-refractivity contribution in [2.75, 3.05) is 13.1 Å². The Bertz CT molecular complexity index is 507. The van der Waals surface area contributed by atoms with Crippen LogP contribution in [0, 0.1) is 0 Å². The zero-order valence-electron chi connectivity index (χ0n) is 11.5. The number of hydrogen-bond acceptors (Lipinski definition) is 3. The molecule has 21 heavy (non-hydrogen) atoms. The van der Waals surface area contributed by atoms with Crippen LogP contribution in [0.1, 0.15) is 23.7 Å². The summed E-state index contributed by atoms with van der Waals surface area (Å²) in [5.74, 6) is -0.474. The molecular weight excluding hydrogens is 356 g/mol. The van der Waals surface area contributed by atoms with E-state index in [-0.39, 0.29) is 24.8 Å². The van der Waals surface area contributed by atoms with E-state index in [0.29, 0.717) is 17.2 Å². The van der Waals surface area contributed by atoms with Gasteiger partial charge in [0, 0.05) is 29.5 Å². The van der Waals surface area contributed by atoms with Gasteiger partial charge < -0.3 is 10.6 Å². The lowest BCUT2D eigenvalue weighted by atomic mass is 10.2. The van der Waals surface area contributed by atoms with Gasteiger partial charge in [-0.05, 0) is 43.4 Å². The van der Waals surface area contributed by atoms with Gasteiger partial charge in [-0.25, -0.2) is 0 Å².